The van der Waals surface area contributed by atoms with E-state index in [1.54, 1.807) is 19.2 Å². The van der Waals surface area contributed by atoms with Crippen molar-refractivity contribution in [1.29, 1.82) is 0 Å². The number of hydrogen-bond donors (Lipinski definition) is 1. The van der Waals surface area contributed by atoms with E-state index in [1.807, 2.05) is 6.07 Å². The number of fused-ring (bicyclic) bond motifs is 2. The smallest absolute Gasteiger partial charge is 0.258 e. The summed E-state index contributed by atoms with van der Waals surface area (Å²) in [6.45, 7) is 1.89. The lowest BCUT2D eigenvalue weighted by atomic mass is 9.92. The molecule has 2 saturated carbocycles. The number of rotatable bonds is 4. The van der Waals surface area contributed by atoms with Crippen molar-refractivity contribution in [2.45, 2.75) is 44.2 Å². The quantitative estimate of drug-likeness (QED) is 0.907. The molecule has 1 saturated heterocycles. The monoisotopic (exact) mass is 348 g/mol. The molecule has 24 heavy (non-hydrogen) atoms. The second-order valence-electron chi connectivity index (χ2n) is 7.45. The van der Waals surface area contributed by atoms with Crippen molar-refractivity contribution in [3.05, 3.63) is 28.8 Å². The highest BCUT2D eigenvalue weighted by atomic mass is 35.5. The van der Waals surface area contributed by atoms with Gasteiger partial charge in [0.1, 0.15) is 5.75 Å². The zero-order valence-corrected chi connectivity index (χ0v) is 14.9. The van der Waals surface area contributed by atoms with Gasteiger partial charge < -0.3 is 15.0 Å². The average Bonchev–Trinajstić information content (AvgIpc) is 3.33. The van der Waals surface area contributed by atoms with Crippen LogP contribution in [0.1, 0.15) is 42.5 Å². The Morgan fingerprint density at radius 2 is 2.17 bits per heavy atom. The third kappa shape index (κ3) is 2.80. The first kappa shape index (κ1) is 16.2. The van der Waals surface area contributed by atoms with Crippen LogP contribution in [0.5, 0.6) is 5.75 Å². The molecule has 5 heteroatoms. The van der Waals surface area contributed by atoms with E-state index < -0.39 is 0 Å². The van der Waals surface area contributed by atoms with E-state index in [-0.39, 0.29) is 5.91 Å². The number of halogens is 1. The van der Waals surface area contributed by atoms with Gasteiger partial charge in [-0.25, -0.2) is 0 Å². The van der Waals surface area contributed by atoms with Crippen LogP contribution < -0.4 is 10.1 Å². The van der Waals surface area contributed by atoms with Crippen molar-refractivity contribution in [3.8, 4) is 5.75 Å². The molecule has 130 valence electrons. The molecule has 1 aromatic carbocycles. The van der Waals surface area contributed by atoms with Gasteiger partial charge in [-0.15, -0.1) is 0 Å². The molecule has 4 rings (SSSR count). The Morgan fingerprint density at radius 3 is 2.79 bits per heavy atom. The van der Waals surface area contributed by atoms with Gasteiger partial charge in [-0.2, -0.15) is 0 Å². The van der Waals surface area contributed by atoms with E-state index in [9.17, 15) is 4.79 Å². The van der Waals surface area contributed by atoms with Crippen LogP contribution >= 0.6 is 11.6 Å². The second-order valence-corrected chi connectivity index (χ2v) is 7.88. The summed E-state index contributed by atoms with van der Waals surface area (Å²) in [5, 5.41) is 4.01. The van der Waals surface area contributed by atoms with Crippen molar-refractivity contribution >= 4 is 17.5 Å². The van der Waals surface area contributed by atoms with Crippen molar-refractivity contribution in [1.82, 2.24) is 10.2 Å². The summed E-state index contributed by atoms with van der Waals surface area (Å²) in [5.74, 6) is 2.18. The highest BCUT2D eigenvalue weighted by Crippen LogP contribution is 2.47. The predicted molar refractivity (Wildman–Crippen MR) is 94.7 cm³/mol. The number of benzene rings is 1. The van der Waals surface area contributed by atoms with Crippen LogP contribution in [-0.2, 0) is 0 Å². The van der Waals surface area contributed by atoms with Crippen LogP contribution in [0.3, 0.4) is 0 Å². The molecule has 0 spiro atoms. The maximum absolute atomic E-state index is 13.5. The average molecular weight is 349 g/mol. The molecule has 3 fully saturated rings. The third-order valence-electron chi connectivity index (χ3n) is 6.11. The highest BCUT2D eigenvalue weighted by molar-refractivity contribution is 6.30. The molecule has 3 aliphatic rings. The van der Waals surface area contributed by atoms with Crippen LogP contribution in [0, 0.1) is 11.8 Å². The summed E-state index contributed by atoms with van der Waals surface area (Å²) in [6.07, 6.45) is 6.12. The van der Waals surface area contributed by atoms with E-state index in [0.29, 0.717) is 34.3 Å². The van der Waals surface area contributed by atoms with Gasteiger partial charge in [0.05, 0.1) is 12.7 Å². The lowest BCUT2D eigenvalue weighted by Crippen LogP contribution is -2.50. The maximum atomic E-state index is 13.5. The molecule has 1 aliphatic heterocycles. The Kier molecular flexibility index (Phi) is 4.44. The number of ether oxygens (including phenoxy) is 1. The summed E-state index contributed by atoms with van der Waals surface area (Å²) < 4.78 is 5.44. The fourth-order valence-electron chi connectivity index (χ4n) is 5.00. The minimum absolute atomic E-state index is 0.106. The summed E-state index contributed by atoms with van der Waals surface area (Å²) in [6, 6.07) is 6.01. The first-order chi connectivity index (χ1) is 11.7. The normalized spacial score (nSPS) is 31.4. The molecule has 4 nitrogen and oxygen atoms in total. The Balaban J connectivity index is 1.66. The summed E-state index contributed by atoms with van der Waals surface area (Å²) >= 11 is 6.07. The molecular formula is C19H25ClN2O2. The Labute approximate surface area is 148 Å². The van der Waals surface area contributed by atoms with Gasteiger partial charge in [-0.1, -0.05) is 18.0 Å². The molecule has 0 aromatic heterocycles. The largest absolute Gasteiger partial charge is 0.496 e. The van der Waals surface area contributed by atoms with E-state index in [2.05, 4.69) is 10.2 Å². The molecule has 1 aromatic rings. The number of methoxy groups -OCH3 is 1. The van der Waals surface area contributed by atoms with E-state index in [4.69, 9.17) is 16.3 Å². The van der Waals surface area contributed by atoms with Crippen LogP contribution in [0.25, 0.3) is 0 Å². The first-order valence-electron chi connectivity index (χ1n) is 9.04. The topological polar surface area (TPSA) is 41.6 Å². The highest BCUT2D eigenvalue weighted by Gasteiger charge is 2.46. The summed E-state index contributed by atoms with van der Waals surface area (Å²) in [4.78, 5) is 15.7. The van der Waals surface area contributed by atoms with Crippen LogP contribution in [-0.4, -0.2) is 43.1 Å². The molecule has 3 unspecified atom stereocenters. The van der Waals surface area contributed by atoms with E-state index in [1.165, 1.54) is 25.7 Å². The zero-order chi connectivity index (χ0) is 16.7. The first-order valence-corrected chi connectivity index (χ1v) is 9.42. The molecule has 2 aliphatic carbocycles. The standard InChI is InChI=1S/C19H25ClN2O2/c1-24-18-10-14(20)4-5-16(18)19(23)22(15-6-7-21-11-15)17-9-12-2-3-13(17)8-12/h4-5,10,12-13,15,17,21H,2-3,6-9,11H2,1H3/t12?,13?,15-,17?/m0/s1. The number of hydrogen-bond acceptors (Lipinski definition) is 3. The van der Waals surface area contributed by atoms with Gasteiger partial charge in [0.2, 0.25) is 0 Å². The van der Waals surface area contributed by atoms with Crippen LogP contribution in [0.4, 0.5) is 0 Å². The third-order valence-corrected chi connectivity index (χ3v) is 6.35. The Hall–Kier alpha value is -1.26. The van der Waals surface area contributed by atoms with Crippen LogP contribution in [0.15, 0.2) is 18.2 Å². The lowest BCUT2D eigenvalue weighted by Gasteiger charge is -2.39. The van der Waals surface area contributed by atoms with Crippen molar-refractivity contribution in [2.75, 3.05) is 20.2 Å². The fraction of sp³-hybridized carbons (Fsp3) is 0.632. The van der Waals surface area contributed by atoms with Gasteiger partial charge in [0.15, 0.2) is 0 Å². The maximum Gasteiger partial charge on any atom is 0.258 e. The number of nitrogens with one attached hydrogen (secondary N) is 1. The SMILES string of the molecule is COc1cc(Cl)ccc1C(=O)N(C1CC2CCC1C2)[C@H]1CCNC1. The molecule has 2 bridgehead atoms. The Bertz CT molecular complexity index is 630. The molecular weight excluding hydrogens is 324 g/mol. The summed E-state index contributed by atoms with van der Waals surface area (Å²) in [5.41, 5.74) is 0.636. The predicted octanol–water partition coefficient (Wildman–Crippen LogP) is 3.34. The van der Waals surface area contributed by atoms with Gasteiger partial charge in [0, 0.05) is 23.7 Å². The van der Waals surface area contributed by atoms with Crippen molar-refractivity contribution in [3.63, 3.8) is 0 Å². The zero-order valence-electron chi connectivity index (χ0n) is 14.1. The molecule has 1 amide bonds. The number of nitrogens with zero attached hydrogens (tertiary/aromatic N) is 1. The van der Waals surface area contributed by atoms with Gasteiger partial charge in [-0.05, 0) is 62.3 Å². The minimum atomic E-state index is 0.106. The number of carbonyl (C=O) groups is 1. The summed E-state index contributed by atoms with van der Waals surface area (Å²) in [7, 11) is 1.60. The molecule has 1 heterocycles. The van der Waals surface area contributed by atoms with Crippen molar-refractivity contribution in [2.24, 2.45) is 11.8 Å². The second kappa shape index (κ2) is 6.57. The van der Waals surface area contributed by atoms with Gasteiger partial charge >= 0.3 is 0 Å². The molecule has 4 atom stereocenters. The number of carbonyl (C=O) groups excluding carboxylic acids is 1. The lowest BCUT2D eigenvalue weighted by molar-refractivity contribution is 0.0501. The van der Waals surface area contributed by atoms with E-state index >= 15 is 0 Å². The Morgan fingerprint density at radius 1 is 1.29 bits per heavy atom. The minimum Gasteiger partial charge on any atom is -0.496 e. The molecule has 0 radical (unpaired) electrons. The molecule has 1 N–H and O–H groups in total. The fourth-order valence-corrected chi connectivity index (χ4v) is 5.16. The van der Waals surface area contributed by atoms with Crippen LogP contribution in [0.2, 0.25) is 5.02 Å². The number of amides is 1. The van der Waals surface area contributed by atoms with Gasteiger partial charge in [0.25, 0.3) is 5.91 Å². The van der Waals surface area contributed by atoms with Crippen molar-refractivity contribution < 1.29 is 9.53 Å². The van der Waals surface area contributed by atoms with Gasteiger partial charge in [-0.3, -0.25) is 4.79 Å². The van der Waals surface area contributed by atoms with E-state index in [0.717, 1.165) is 25.4 Å².